The van der Waals surface area contributed by atoms with Crippen LogP contribution in [-0.2, 0) is 6.54 Å². The molecule has 0 saturated carbocycles. The van der Waals surface area contributed by atoms with Crippen LogP contribution in [-0.4, -0.2) is 16.1 Å². The fraction of sp³-hybridized carbons (Fsp3) is 0.0714. The van der Waals surface area contributed by atoms with E-state index in [1.54, 1.807) is 12.1 Å². The lowest BCUT2D eigenvalue weighted by atomic mass is 10.1. The van der Waals surface area contributed by atoms with Gasteiger partial charge in [-0.2, -0.15) is 5.26 Å². The van der Waals surface area contributed by atoms with Gasteiger partial charge in [-0.15, -0.1) is 0 Å². The van der Waals surface area contributed by atoms with Crippen molar-refractivity contribution < 1.29 is 9.90 Å². The summed E-state index contributed by atoms with van der Waals surface area (Å²) >= 11 is 6.02. The summed E-state index contributed by atoms with van der Waals surface area (Å²) in [6, 6.07) is 9.98. The molecule has 0 aliphatic rings. The number of halogens is 1. The molecular formula is C14H10ClN3O2. The molecule has 20 heavy (non-hydrogen) atoms. The molecule has 1 aromatic carbocycles. The van der Waals surface area contributed by atoms with E-state index >= 15 is 0 Å². The summed E-state index contributed by atoms with van der Waals surface area (Å²) in [7, 11) is 0. The summed E-state index contributed by atoms with van der Waals surface area (Å²) in [4.78, 5) is 14.8. The fourth-order valence-electron chi connectivity index (χ4n) is 1.60. The van der Waals surface area contributed by atoms with E-state index in [-0.39, 0.29) is 10.6 Å². The van der Waals surface area contributed by atoms with Gasteiger partial charge in [0, 0.05) is 12.7 Å². The monoisotopic (exact) mass is 287 g/mol. The van der Waals surface area contributed by atoms with Gasteiger partial charge in [0.1, 0.15) is 16.9 Å². The SMILES string of the molecule is N#Cc1ccnc(NCc2ccc(C(=O)O)cc2)c1Cl. The van der Waals surface area contributed by atoms with Crippen molar-refractivity contribution >= 4 is 23.4 Å². The second-order valence-corrected chi connectivity index (χ2v) is 4.37. The topological polar surface area (TPSA) is 86.0 Å². The molecule has 2 aromatic rings. The zero-order valence-corrected chi connectivity index (χ0v) is 11.1. The van der Waals surface area contributed by atoms with Crippen LogP contribution in [0.4, 0.5) is 5.82 Å². The normalized spacial score (nSPS) is 9.80. The van der Waals surface area contributed by atoms with Gasteiger partial charge in [0.2, 0.25) is 0 Å². The third kappa shape index (κ3) is 3.05. The average Bonchev–Trinajstić information content (AvgIpc) is 2.46. The Kier molecular flexibility index (Phi) is 4.18. The Bertz CT molecular complexity index is 678. The Hall–Kier alpha value is -2.58. The minimum atomic E-state index is -0.962. The van der Waals surface area contributed by atoms with Crippen molar-refractivity contribution in [2.24, 2.45) is 0 Å². The molecule has 1 heterocycles. The molecule has 5 nitrogen and oxygen atoms in total. The molecule has 0 aliphatic carbocycles. The molecule has 0 bridgehead atoms. The number of carbonyl (C=O) groups is 1. The number of rotatable bonds is 4. The number of pyridine rings is 1. The minimum absolute atomic E-state index is 0.233. The number of carboxylic acids is 1. The first-order valence-corrected chi connectivity index (χ1v) is 6.10. The molecule has 0 atom stereocenters. The number of nitrogens with one attached hydrogen (secondary N) is 1. The Morgan fingerprint density at radius 1 is 1.35 bits per heavy atom. The minimum Gasteiger partial charge on any atom is -0.478 e. The zero-order chi connectivity index (χ0) is 14.5. The van der Waals surface area contributed by atoms with E-state index in [1.807, 2.05) is 6.07 Å². The third-order valence-electron chi connectivity index (χ3n) is 2.67. The number of carboxylic acid groups (broad SMARTS) is 1. The third-order valence-corrected chi connectivity index (χ3v) is 3.05. The second kappa shape index (κ2) is 6.04. The number of aromatic nitrogens is 1. The quantitative estimate of drug-likeness (QED) is 0.903. The molecule has 0 radical (unpaired) electrons. The van der Waals surface area contributed by atoms with Crippen LogP contribution in [0.1, 0.15) is 21.5 Å². The Morgan fingerprint density at radius 3 is 2.65 bits per heavy atom. The highest BCUT2D eigenvalue weighted by atomic mass is 35.5. The maximum absolute atomic E-state index is 10.7. The molecular weight excluding hydrogens is 278 g/mol. The first-order valence-electron chi connectivity index (χ1n) is 5.72. The highest BCUT2D eigenvalue weighted by Crippen LogP contribution is 2.23. The van der Waals surface area contributed by atoms with E-state index < -0.39 is 5.97 Å². The summed E-state index contributed by atoms with van der Waals surface area (Å²) in [5.41, 5.74) is 1.47. The van der Waals surface area contributed by atoms with E-state index in [0.29, 0.717) is 17.9 Å². The average molecular weight is 288 g/mol. The summed E-state index contributed by atoms with van der Waals surface area (Å²) in [6.07, 6.45) is 1.50. The van der Waals surface area contributed by atoms with Crippen LogP contribution >= 0.6 is 11.6 Å². The number of hydrogen-bond acceptors (Lipinski definition) is 4. The van der Waals surface area contributed by atoms with Gasteiger partial charge in [0.05, 0.1) is 11.1 Å². The second-order valence-electron chi connectivity index (χ2n) is 3.99. The summed E-state index contributed by atoms with van der Waals surface area (Å²) in [5, 5.41) is 21.0. The molecule has 0 saturated heterocycles. The Morgan fingerprint density at radius 2 is 2.05 bits per heavy atom. The van der Waals surface area contributed by atoms with Gasteiger partial charge in [0.15, 0.2) is 0 Å². The van der Waals surface area contributed by atoms with Crippen molar-refractivity contribution in [3.63, 3.8) is 0 Å². The maximum Gasteiger partial charge on any atom is 0.335 e. The van der Waals surface area contributed by atoms with Crippen molar-refractivity contribution in [2.45, 2.75) is 6.54 Å². The van der Waals surface area contributed by atoms with Gasteiger partial charge in [0.25, 0.3) is 0 Å². The molecule has 0 amide bonds. The zero-order valence-electron chi connectivity index (χ0n) is 10.3. The van der Waals surface area contributed by atoms with Gasteiger partial charge in [-0.05, 0) is 23.8 Å². The van der Waals surface area contributed by atoms with E-state index in [9.17, 15) is 4.79 Å². The first kappa shape index (κ1) is 13.8. The largest absolute Gasteiger partial charge is 0.478 e. The van der Waals surface area contributed by atoms with Crippen molar-refractivity contribution in [1.29, 1.82) is 5.26 Å². The number of aromatic carboxylic acids is 1. The number of benzene rings is 1. The van der Waals surface area contributed by atoms with E-state index in [4.69, 9.17) is 22.0 Å². The maximum atomic E-state index is 10.7. The number of anilines is 1. The predicted molar refractivity (Wildman–Crippen MR) is 74.7 cm³/mol. The number of hydrogen-bond donors (Lipinski definition) is 2. The Balaban J connectivity index is 2.09. The molecule has 6 heteroatoms. The van der Waals surface area contributed by atoms with Gasteiger partial charge < -0.3 is 10.4 Å². The van der Waals surface area contributed by atoms with Crippen LogP contribution in [0.25, 0.3) is 0 Å². The first-order chi connectivity index (χ1) is 9.61. The van der Waals surface area contributed by atoms with Gasteiger partial charge in [-0.1, -0.05) is 23.7 Å². The van der Waals surface area contributed by atoms with Crippen LogP contribution < -0.4 is 5.32 Å². The van der Waals surface area contributed by atoms with Crippen LogP contribution in [0.2, 0.25) is 5.02 Å². The molecule has 0 unspecified atom stereocenters. The molecule has 2 N–H and O–H groups in total. The highest BCUT2D eigenvalue weighted by molar-refractivity contribution is 6.34. The molecule has 0 fully saturated rings. The van der Waals surface area contributed by atoms with E-state index in [0.717, 1.165) is 5.56 Å². The van der Waals surface area contributed by atoms with Crippen molar-refractivity contribution in [2.75, 3.05) is 5.32 Å². The lowest BCUT2D eigenvalue weighted by Gasteiger charge is -2.08. The van der Waals surface area contributed by atoms with Gasteiger partial charge in [-0.25, -0.2) is 9.78 Å². The lowest BCUT2D eigenvalue weighted by Crippen LogP contribution is -2.03. The van der Waals surface area contributed by atoms with Gasteiger partial charge >= 0.3 is 5.97 Å². The molecule has 0 spiro atoms. The smallest absolute Gasteiger partial charge is 0.335 e. The molecule has 2 rings (SSSR count). The van der Waals surface area contributed by atoms with Crippen LogP contribution in [0.15, 0.2) is 36.5 Å². The standard InChI is InChI=1S/C14H10ClN3O2/c15-12-11(7-16)5-6-17-13(12)18-8-9-1-3-10(4-2-9)14(19)20/h1-6H,8H2,(H,17,18)(H,19,20). The lowest BCUT2D eigenvalue weighted by molar-refractivity contribution is 0.0697. The molecule has 1 aromatic heterocycles. The molecule has 0 aliphatic heterocycles. The van der Waals surface area contributed by atoms with Crippen LogP contribution in [0.3, 0.4) is 0 Å². The Labute approximate surface area is 120 Å². The van der Waals surface area contributed by atoms with Crippen molar-refractivity contribution in [1.82, 2.24) is 4.98 Å². The van der Waals surface area contributed by atoms with E-state index in [2.05, 4.69) is 10.3 Å². The van der Waals surface area contributed by atoms with Crippen molar-refractivity contribution in [3.05, 3.63) is 58.2 Å². The summed E-state index contributed by atoms with van der Waals surface area (Å²) < 4.78 is 0. The highest BCUT2D eigenvalue weighted by Gasteiger charge is 2.07. The summed E-state index contributed by atoms with van der Waals surface area (Å²) in [5.74, 6) is -0.538. The van der Waals surface area contributed by atoms with Crippen molar-refractivity contribution in [3.8, 4) is 6.07 Å². The number of nitrogens with zero attached hydrogens (tertiary/aromatic N) is 2. The molecule has 100 valence electrons. The predicted octanol–water partition coefficient (Wildman–Crippen LogP) is 2.92. The fourth-order valence-corrected chi connectivity index (χ4v) is 1.83. The summed E-state index contributed by atoms with van der Waals surface area (Å²) in [6.45, 7) is 0.432. The number of nitriles is 1. The van der Waals surface area contributed by atoms with Crippen LogP contribution in [0, 0.1) is 11.3 Å². The van der Waals surface area contributed by atoms with E-state index in [1.165, 1.54) is 24.4 Å². The van der Waals surface area contributed by atoms with Crippen LogP contribution in [0.5, 0.6) is 0 Å². The van der Waals surface area contributed by atoms with Gasteiger partial charge in [-0.3, -0.25) is 0 Å².